The highest BCUT2D eigenvalue weighted by molar-refractivity contribution is 6.12. The summed E-state index contributed by atoms with van der Waals surface area (Å²) in [5.41, 5.74) is 66.0. The van der Waals surface area contributed by atoms with E-state index >= 15 is 0 Å². The Kier molecular flexibility index (Phi) is 33.6. The minimum atomic E-state index is -0.603. The maximum Gasteiger partial charge on any atom is 0.343 e. The Balaban J connectivity index is 0.000000158. The van der Waals surface area contributed by atoms with E-state index < -0.39 is 47.8 Å². The summed E-state index contributed by atoms with van der Waals surface area (Å²) in [7, 11) is 0. The molecule has 0 aromatic heterocycles. The van der Waals surface area contributed by atoms with E-state index in [0.717, 1.165) is 0 Å². The van der Waals surface area contributed by atoms with E-state index in [4.69, 9.17) is 95.2 Å². The highest BCUT2D eigenvalue weighted by Crippen LogP contribution is 2.27. The summed E-state index contributed by atoms with van der Waals surface area (Å²) in [6, 6.07) is 108. The van der Waals surface area contributed by atoms with Gasteiger partial charge in [-0.25, -0.2) is 38.4 Å². The minimum Gasteiger partial charge on any atom is -0.423 e. The molecule has 16 rings (SSSR count). The van der Waals surface area contributed by atoms with Gasteiger partial charge in [0.05, 0.1) is 44.5 Å². The van der Waals surface area contributed by atoms with Crippen LogP contribution in [0.3, 0.4) is 0 Å². The van der Waals surface area contributed by atoms with Crippen LogP contribution in [0.25, 0.3) is 0 Å². The number of anilines is 10. The van der Waals surface area contributed by atoms with Crippen LogP contribution in [0.5, 0.6) is 46.0 Å². The Morgan fingerprint density at radius 1 is 0.127 bits per heavy atom. The van der Waals surface area contributed by atoms with Gasteiger partial charge in [-0.3, -0.25) is 9.59 Å². The molecule has 668 valence electrons. The quantitative estimate of drug-likeness (QED) is 0.0147. The normalized spacial score (nSPS) is 10.1. The number of nitrogens with two attached hydrogens (primary N) is 10. The van der Waals surface area contributed by atoms with E-state index in [1.54, 1.807) is 291 Å². The molecule has 28 heteroatoms. The number of hydrogen-bond acceptors (Lipinski definition) is 28. The lowest BCUT2D eigenvalue weighted by atomic mass is 9.98. The molecular formula is C106H86N10O18. The first-order valence-electron chi connectivity index (χ1n) is 40.5. The van der Waals surface area contributed by atoms with Crippen LogP contribution in [0.1, 0.15) is 115 Å². The Bertz CT molecular complexity index is 6370. The summed E-state index contributed by atoms with van der Waals surface area (Å²) >= 11 is 0. The van der Waals surface area contributed by atoms with Crippen LogP contribution in [-0.2, 0) is 0 Å². The number of carbonyl (C=O) groups is 10. The van der Waals surface area contributed by atoms with Gasteiger partial charge in [-0.15, -0.1) is 0 Å². The summed E-state index contributed by atoms with van der Waals surface area (Å²) in [6.07, 6.45) is 0. The molecule has 0 aliphatic rings. The fourth-order valence-electron chi connectivity index (χ4n) is 11.6. The van der Waals surface area contributed by atoms with Crippen molar-refractivity contribution in [2.75, 3.05) is 57.3 Å². The van der Waals surface area contributed by atoms with Crippen molar-refractivity contribution in [3.63, 3.8) is 0 Å². The van der Waals surface area contributed by atoms with Crippen molar-refractivity contribution in [2.45, 2.75) is 0 Å². The highest BCUT2D eigenvalue weighted by Gasteiger charge is 2.21. The van der Waals surface area contributed by atoms with E-state index in [1.165, 1.54) is 72.8 Å². The molecule has 0 saturated heterocycles. The van der Waals surface area contributed by atoms with Crippen LogP contribution < -0.4 is 95.2 Å². The van der Waals surface area contributed by atoms with Gasteiger partial charge >= 0.3 is 47.8 Å². The number of esters is 8. The zero-order valence-corrected chi connectivity index (χ0v) is 71.2. The lowest BCUT2D eigenvalue weighted by Gasteiger charge is -2.07. The van der Waals surface area contributed by atoms with Gasteiger partial charge in [-0.05, 0) is 279 Å². The zero-order valence-electron chi connectivity index (χ0n) is 71.2. The van der Waals surface area contributed by atoms with Crippen LogP contribution in [-0.4, -0.2) is 59.3 Å². The maximum absolute atomic E-state index is 12.4. The Morgan fingerprint density at radius 3 is 0.463 bits per heavy atom. The second-order valence-corrected chi connectivity index (χ2v) is 28.6. The number of hydrogen-bond donors (Lipinski definition) is 10. The lowest BCUT2D eigenvalue weighted by molar-refractivity contribution is 0.0716. The number of rotatable bonds is 20. The van der Waals surface area contributed by atoms with Gasteiger partial charge in [0.1, 0.15) is 46.0 Å². The number of ether oxygens (including phenoxy) is 8. The first kappa shape index (κ1) is 95.3. The lowest BCUT2D eigenvalue weighted by Crippen LogP contribution is -2.12. The largest absolute Gasteiger partial charge is 0.423 e. The van der Waals surface area contributed by atoms with Crippen molar-refractivity contribution < 1.29 is 85.8 Å². The van der Waals surface area contributed by atoms with Crippen molar-refractivity contribution in [3.8, 4) is 46.0 Å². The molecule has 134 heavy (non-hydrogen) atoms. The van der Waals surface area contributed by atoms with Crippen LogP contribution in [0.2, 0.25) is 0 Å². The van der Waals surface area contributed by atoms with Crippen molar-refractivity contribution in [1.29, 1.82) is 0 Å². The number of nitrogen functional groups attached to an aromatic ring is 10. The summed E-state index contributed by atoms with van der Waals surface area (Å²) in [4.78, 5) is 122. The van der Waals surface area contributed by atoms with Crippen LogP contribution in [0.15, 0.2) is 400 Å². The van der Waals surface area contributed by atoms with Crippen molar-refractivity contribution in [2.24, 2.45) is 0 Å². The van der Waals surface area contributed by atoms with E-state index in [-0.39, 0.29) is 33.8 Å². The zero-order chi connectivity index (χ0) is 95.4. The fourth-order valence-corrected chi connectivity index (χ4v) is 11.6. The number of carbonyl (C=O) groups excluding carboxylic acids is 10. The number of ketones is 2. The van der Waals surface area contributed by atoms with E-state index in [1.807, 2.05) is 36.4 Å². The van der Waals surface area contributed by atoms with Crippen molar-refractivity contribution >= 4 is 116 Å². The summed E-state index contributed by atoms with van der Waals surface area (Å²) in [6.45, 7) is 0. The van der Waals surface area contributed by atoms with E-state index in [9.17, 15) is 47.9 Å². The third-order valence-electron chi connectivity index (χ3n) is 18.4. The molecule has 0 spiro atoms. The molecule has 0 aliphatic carbocycles. The molecule has 0 unspecified atom stereocenters. The summed E-state index contributed by atoms with van der Waals surface area (Å²) in [5.74, 6) is -1.93. The Labute approximate surface area is 768 Å². The molecule has 0 heterocycles. The smallest absolute Gasteiger partial charge is 0.343 e. The second kappa shape index (κ2) is 47.3. The fraction of sp³-hybridized carbons (Fsp3) is 0. The van der Waals surface area contributed by atoms with Crippen molar-refractivity contribution in [3.05, 3.63) is 467 Å². The molecule has 16 aromatic rings. The summed E-state index contributed by atoms with van der Waals surface area (Å²) < 4.78 is 42.0. The molecule has 0 aliphatic heterocycles. The maximum atomic E-state index is 12.4. The van der Waals surface area contributed by atoms with Crippen LogP contribution >= 0.6 is 0 Å². The molecular weight excluding hydrogens is 1700 g/mol. The summed E-state index contributed by atoms with van der Waals surface area (Å²) in [5, 5.41) is 0. The van der Waals surface area contributed by atoms with Gasteiger partial charge in [0.15, 0.2) is 11.6 Å². The molecule has 0 radical (unpaired) electrons. The monoisotopic (exact) mass is 1790 g/mol. The molecule has 16 aromatic carbocycles. The molecule has 28 nitrogen and oxygen atoms in total. The highest BCUT2D eigenvalue weighted by atomic mass is 16.6. The van der Waals surface area contributed by atoms with Gasteiger partial charge in [0.25, 0.3) is 0 Å². The minimum absolute atomic E-state index is 0.110. The first-order chi connectivity index (χ1) is 64.6. The molecule has 0 atom stereocenters. The molecule has 0 fully saturated rings. The average Bonchev–Trinajstić information content (AvgIpc) is 1.28. The third-order valence-corrected chi connectivity index (χ3v) is 18.4. The van der Waals surface area contributed by atoms with Gasteiger partial charge < -0.3 is 95.2 Å². The molecule has 0 bridgehead atoms. The van der Waals surface area contributed by atoms with E-state index in [0.29, 0.717) is 147 Å². The van der Waals surface area contributed by atoms with Crippen LogP contribution in [0.4, 0.5) is 56.9 Å². The van der Waals surface area contributed by atoms with Gasteiger partial charge in [-0.1, -0.05) is 97.1 Å². The van der Waals surface area contributed by atoms with Gasteiger partial charge in [-0.2, -0.15) is 0 Å². The molecule has 0 saturated carbocycles. The second-order valence-electron chi connectivity index (χ2n) is 28.6. The third kappa shape index (κ3) is 29.9. The first-order valence-corrected chi connectivity index (χ1v) is 40.5. The predicted molar refractivity (Wildman–Crippen MR) is 514 cm³/mol. The van der Waals surface area contributed by atoms with Gasteiger partial charge in [0, 0.05) is 103 Å². The van der Waals surface area contributed by atoms with Crippen LogP contribution in [0, 0.1) is 0 Å². The standard InChI is InChI=1S/4C20H16N2O4.C20H16N2O2.C6H6/c21-15-6-2-8-17(11-15)25-19(23)13-4-1-5-14(10-13)20(24)26-18-9-3-7-16(22)12-18;21-15-3-1-5-17(11-15)25-19(23)13-7-9-14(10-8-13)20(24)26-18-6-2-4-16(22)12-18;21-15-5-9-17(10-6-15)25-19(23)13-1-2-14(4-3-13)20(24)26-18-11-7-16(22)8-12-18;21-15-4-8-17(9-5-15)25-19(23)13-2-1-3-14(12-13)20(24)26-18-10-6-16(22)7-11-18;21-17-9-5-15(6-10-17)19(23)13-1-2-14(4-3-13)20(24)16-7-11-18(22)12-8-16;1-2-4-6-5-3-1/h4*1-12H,21-22H2;1-12H,21-22H2;1-6H. The SMILES string of the molecule is Nc1ccc(C(=O)c2ccc(C(=O)c3ccc(N)cc3)cc2)cc1.Nc1ccc(OC(=O)c2ccc(C(=O)Oc3ccc(N)cc3)cc2)cc1.Nc1ccc(OC(=O)c2cccc(C(=O)Oc3ccc(N)cc3)c2)cc1.Nc1cccc(OC(=O)c2ccc(C(=O)Oc3cccc(N)c3)cc2)c1.Nc1cccc(OC(=O)c2cccc(C(=O)Oc3cccc(N)c3)c2)c1.c1ccccc1. The van der Waals surface area contributed by atoms with Crippen molar-refractivity contribution in [1.82, 2.24) is 0 Å². The van der Waals surface area contributed by atoms with E-state index in [2.05, 4.69) is 0 Å². The average molecular weight is 1790 g/mol. The molecule has 20 N–H and O–H groups in total. The number of benzene rings is 16. The molecule has 0 amide bonds. The van der Waals surface area contributed by atoms with Gasteiger partial charge in [0.2, 0.25) is 0 Å². The predicted octanol–water partition coefficient (Wildman–Crippen LogP) is 18.2. The Morgan fingerprint density at radius 2 is 0.276 bits per heavy atom. The Hall–Kier alpha value is -19.4. The topological polar surface area (TPSA) is 505 Å².